The van der Waals surface area contributed by atoms with Crippen LogP contribution in [0.25, 0.3) is 11.0 Å². The molecule has 0 radical (unpaired) electrons. The maximum absolute atomic E-state index is 11.5. The molecule has 1 saturated carbocycles. The molecule has 42 heavy (non-hydrogen) atoms. The molecular formula is C28H35ClN5O7P. The van der Waals surface area contributed by atoms with Gasteiger partial charge < -0.3 is 33.6 Å². The van der Waals surface area contributed by atoms with Gasteiger partial charge >= 0.3 is 7.60 Å². The summed E-state index contributed by atoms with van der Waals surface area (Å²) in [7, 11) is -4.20. The van der Waals surface area contributed by atoms with Crippen LogP contribution in [0.3, 0.4) is 0 Å². The quantitative estimate of drug-likeness (QED) is 0.287. The molecule has 1 spiro atoms. The predicted molar refractivity (Wildman–Crippen MR) is 153 cm³/mol. The number of rotatable bonds is 7. The zero-order chi connectivity index (χ0) is 29.3. The molecule has 0 unspecified atom stereocenters. The maximum Gasteiger partial charge on any atom is 0.329 e. The molecule has 3 saturated heterocycles. The van der Waals surface area contributed by atoms with E-state index in [1.165, 1.54) is 32.1 Å². The number of hydrogen-bond donors (Lipinski definition) is 2. The average molecular weight is 620 g/mol. The van der Waals surface area contributed by atoms with Gasteiger partial charge in [0.05, 0.1) is 17.7 Å². The van der Waals surface area contributed by atoms with Crippen LogP contribution < -0.4 is 9.64 Å². The summed E-state index contributed by atoms with van der Waals surface area (Å²) in [6.07, 6.45) is 5.73. The summed E-state index contributed by atoms with van der Waals surface area (Å²) in [6, 6.07) is 6.70. The lowest BCUT2D eigenvalue weighted by molar-refractivity contribution is -0.200. The fourth-order valence-corrected chi connectivity index (χ4v) is 7.82. The number of hydrogen-bond acceptors (Lipinski definition) is 9. The van der Waals surface area contributed by atoms with Crippen LogP contribution in [0.5, 0.6) is 5.75 Å². The van der Waals surface area contributed by atoms with Gasteiger partial charge in [-0.1, -0.05) is 31.4 Å². The van der Waals surface area contributed by atoms with Crippen molar-refractivity contribution in [2.75, 3.05) is 24.6 Å². The van der Waals surface area contributed by atoms with Crippen LogP contribution in [0.2, 0.25) is 5.28 Å². The number of aromatic nitrogens is 4. The van der Waals surface area contributed by atoms with E-state index in [0.717, 1.165) is 24.3 Å². The van der Waals surface area contributed by atoms with Crippen molar-refractivity contribution in [1.29, 1.82) is 0 Å². The first kappa shape index (κ1) is 28.5. The largest absolute Gasteiger partial charge is 0.491 e. The molecule has 4 fully saturated rings. The minimum absolute atomic E-state index is 0.131. The topological polar surface area (TPSA) is 141 Å². The van der Waals surface area contributed by atoms with E-state index in [4.69, 9.17) is 30.5 Å². The van der Waals surface area contributed by atoms with Crippen molar-refractivity contribution in [2.45, 2.75) is 82.4 Å². The molecule has 2 N–H and O–H groups in total. The van der Waals surface area contributed by atoms with Crippen molar-refractivity contribution >= 4 is 36.0 Å². The summed E-state index contributed by atoms with van der Waals surface area (Å²) in [5, 5.41) is 5.64. The lowest BCUT2D eigenvalue weighted by Gasteiger charge is -2.53. The number of benzene rings is 1. The summed E-state index contributed by atoms with van der Waals surface area (Å²) in [6.45, 7) is 5.77. The molecule has 3 aliphatic heterocycles. The summed E-state index contributed by atoms with van der Waals surface area (Å²) in [4.78, 5) is 30.1. The Morgan fingerprint density at radius 1 is 1.12 bits per heavy atom. The highest BCUT2D eigenvalue weighted by Crippen LogP contribution is 2.48. The van der Waals surface area contributed by atoms with Gasteiger partial charge in [0.15, 0.2) is 17.7 Å². The number of nitrogens with zero attached hydrogens (tertiary/aromatic N) is 5. The van der Waals surface area contributed by atoms with Crippen LogP contribution in [-0.4, -0.2) is 73.3 Å². The van der Waals surface area contributed by atoms with E-state index >= 15 is 0 Å². The standard InChI is InChI=1S/C28H35ClN5O7P/c1-27(2)40-21-20(13-38-18-8-6-7-17(11-18)14-42(35,36)37)39-25(22(21)41-27)34-24-19(12-30-34)23(31-26(29)32-24)33-15-28(16-33)9-4-3-5-10-28/h6-8,11-12,20-22,25H,3-5,9-10,13-16H2,1-2H3,(H2,35,36,37)/t20-,21-,22-,25-/m1/s1. The second-order valence-corrected chi connectivity index (χ2v) is 14.5. The first-order valence-corrected chi connectivity index (χ1v) is 16.6. The van der Waals surface area contributed by atoms with E-state index in [-0.39, 0.29) is 18.1 Å². The predicted octanol–water partition coefficient (Wildman–Crippen LogP) is 4.42. The second kappa shape index (κ2) is 10.4. The summed E-state index contributed by atoms with van der Waals surface area (Å²) >= 11 is 6.46. The second-order valence-electron chi connectivity index (χ2n) is 12.5. The first-order chi connectivity index (χ1) is 20.0. The monoisotopic (exact) mass is 619 g/mol. The lowest BCUT2D eigenvalue weighted by atomic mass is 9.68. The normalized spacial score (nSPS) is 28.3. The lowest BCUT2D eigenvalue weighted by Crippen LogP contribution is -2.57. The fraction of sp³-hybridized carbons (Fsp3) is 0.607. The minimum atomic E-state index is -4.20. The maximum atomic E-state index is 11.5. The van der Waals surface area contributed by atoms with Gasteiger partial charge in [-0.05, 0) is 56.0 Å². The van der Waals surface area contributed by atoms with Gasteiger partial charge in [0.1, 0.15) is 36.5 Å². The molecule has 226 valence electrons. The minimum Gasteiger partial charge on any atom is -0.491 e. The zero-order valence-corrected chi connectivity index (χ0v) is 25.2. The average Bonchev–Trinajstić information content (AvgIpc) is 3.56. The highest BCUT2D eigenvalue weighted by Gasteiger charge is 2.57. The van der Waals surface area contributed by atoms with E-state index in [0.29, 0.717) is 22.4 Å². The number of fused-ring (bicyclic) bond motifs is 2. The molecule has 0 bridgehead atoms. The molecule has 1 aromatic carbocycles. The summed E-state index contributed by atoms with van der Waals surface area (Å²) in [5.41, 5.74) is 1.43. The van der Waals surface area contributed by atoms with Crippen LogP contribution >= 0.6 is 19.2 Å². The van der Waals surface area contributed by atoms with Crippen molar-refractivity contribution in [1.82, 2.24) is 19.7 Å². The van der Waals surface area contributed by atoms with Crippen LogP contribution in [0, 0.1) is 5.41 Å². The highest BCUT2D eigenvalue weighted by atomic mass is 35.5. The molecule has 5 heterocycles. The van der Waals surface area contributed by atoms with E-state index in [9.17, 15) is 14.4 Å². The fourth-order valence-electron chi connectivity index (χ4n) is 6.98. The third kappa shape index (κ3) is 5.43. The van der Waals surface area contributed by atoms with E-state index in [1.54, 1.807) is 35.1 Å². The Labute approximate surface area is 248 Å². The highest BCUT2D eigenvalue weighted by molar-refractivity contribution is 7.50. The Morgan fingerprint density at radius 3 is 2.64 bits per heavy atom. The van der Waals surface area contributed by atoms with E-state index in [1.807, 2.05) is 13.8 Å². The molecule has 4 atom stereocenters. The Bertz CT molecular complexity index is 1530. The van der Waals surface area contributed by atoms with E-state index < -0.39 is 37.9 Å². The SMILES string of the molecule is CC1(C)O[C@@H]2[C@H](O1)[C@@H](COc1cccc(CP(=O)(O)O)c1)O[C@H]2n1ncc2c(N3CC4(CCCCC4)C3)nc(Cl)nc21. The van der Waals surface area contributed by atoms with Gasteiger partial charge in [-0.2, -0.15) is 15.1 Å². The molecule has 1 aliphatic carbocycles. The van der Waals surface area contributed by atoms with Gasteiger partial charge in [0.25, 0.3) is 0 Å². The van der Waals surface area contributed by atoms with Crippen LogP contribution in [0.15, 0.2) is 30.5 Å². The molecule has 4 aliphatic rings. The number of anilines is 1. The Kier molecular flexibility index (Phi) is 7.05. The van der Waals surface area contributed by atoms with Crippen molar-refractivity contribution in [3.63, 3.8) is 0 Å². The van der Waals surface area contributed by atoms with Crippen LogP contribution in [0.4, 0.5) is 5.82 Å². The van der Waals surface area contributed by atoms with Crippen LogP contribution in [0.1, 0.15) is 57.7 Å². The van der Waals surface area contributed by atoms with Crippen molar-refractivity contribution in [2.24, 2.45) is 5.41 Å². The van der Waals surface area contributed by atoms with Gasteiger partial charge in [-0.25, -0.2) is 4.68 Å². The number of halogens is 1. The third-order valence-corrected chi connectivity index (χ3v) is 9.69. The van der Waals surface area contributed by atoms with Crippen molar-refractivity contribution < 1.29 is 33.3 Å². The molecule has 12 nitrogen and oxygen atoms in total. The zero-order valence-electron chi connectivity index (χ0n) is 23.6. The Balaban J connectivity index is 1.13. The van der Waals surface area contributed by atoms with Crippen molar-refractivity contribution in [3.8, 4) is 5.75 Å². The van der Waals surface area contributed by atoms with Gasteiger partial charge in [0, 0.05) is 18.5 Å². The molecule has 3 aromatic rings. The molecule has 2 aromatic heterocycles. The van der Waals surface area contributed by atoms with E-state index in [2.05, 4.69) is 20.0 Å². The Hall–Kier alpha value is -2.31. The van der Waals surface area contributed by atoms with Gasteiger partial charge in [-0.15, -0.1) is 0 Å². The first-order valence-electron chi connectivity index (χ1n) is 14.4. The Morgan fingerprint density at radius 2 is 1.88 bits per heavy atom. The van der Waals surface area contributed by atoms with Gasteiger partial charge in [0.2, 0.25) is 5.28 Å². The van der Waals surface area contributed by atoms with Gasteiger partial charge in [-0.3, -0.25) is 4.57 Å². The summed E-state index contributed by atoms with van der Waals surface area (Å²) < 4.78 is 38.2. The number of ether oxygens (including phenoxy) is 4. The molecular weight excluding hydrogens is 585 g/mol. The van der Waals surface area contributed by atoms with Crippen molar-refractivity contribution in [3.05, 3.63) is 41.3 Å². The van der Waals surface area contributed by atoms with Crippen LogP contribution in [-0.2, 0) is 24.9 Å². The smallest absolute Gasteiger partial charge is 0.329 e. The molecule has 14 heteroatoms. The summed E-state index contributed by atoms with van der Waals surface area (Å²) in [5.74, 6) is 0.425. The molecule has 0 amide bonds. The third-order valence-electron chi connectivity index (χ3n) is 8.74. The molecule has 7 rings (SSSR count).